The Morgan fingerprint density at radius 2 is 1.59 bits per heavy atom. The molecule has 6 heteroatoms. The largest absolute Gasteiger partial charge is 0.493 e. The second kappa shape index (κ2) is 8.20. The van der Waals surface area contributed by atoms with Gasteiger partial charge in [-0.1, -0.05) is 18.2 Å². The third kappa shape index (κ3) is 4.27. The minimum absolute atomic E-state index is 0.310. The molecule has 0 aliphatic carbocycles. The van der Waals surface area contributed by atoms with E-state index in [4.69, 9.17) is 14.2 Å². The summed E-state index contributed by atoms with van der Waals surface area (Å²) in [5, 5.41) is 6.74. The molecule has 6 nitrogen and oxygen atoms in total. The maximum absolute atomic E-state index is 5.56. The van der Waals surface area contributed by atoms with Gasteiger partial charge >= 0.3 is 0 Å². The molecule has 2 heterocycles. The standard InChI is InChI=1S/C21H25N3O3/c1-22-21(23-9-6-15-2-4-18-17(12-15)8-11-25-18)24-10-7-16-3-5-19-20(13-16)27-14-26-19/h2-5,12-13H,6-11,14H2,1H3,(H2,22,23,24). The van der Waals surface area contributed by atoms with Crippen molar-refractivity contribution in [2.24, 2.45) is 4.99 Å². The van der Waals surface area contributed by atoms with Crippen molar-refractivity contribution in [2.75, 3.05) is 33.5 Å². The summed E-state index contributed by atoms with van der Waals surface area (Å²) in [4.78, 5) is 4.30. The summed E-state index contributed by atoms with van der Waals surface area (Å²) >= 11 is 0. The quantitative estimate of drug-likeness (QED) is 0.606. The number of fused-ring (bicyclic) bond motifs is 2. The topological polar surface area (TPSA) is 64.1 Å². The molecule has 0 atom stereocenters. The van der Waals surface area contributed by atoms with E-state index in [9.17, 15) is 0 Å². The number of benzene rings is 2. The summed E-state index contributed by atoms with van der Waals surface area (Å²) in [6.45, 7) is 2.75. The molecule has 0 radical (unpaired) electrons. The highest BCUT2D eigenvalue weighted by molar-refractivity contribution is 5.79. The van der Waals surface area contributed by atoms with Crippen molar-refractivity contribution in [1.82, 2.24) is 10.6 Å². The molecule has 2 N–H and O–H groups in total. The molecule has 2 aliphatic heterocycles. The van der Waals surface area contributed by atoms with E-state index in [1.165, 1.54) is 16.7 Å². The monoisotopic (exact) mass is 367 g/mol. The van der Waals surface area contributed by atoms with Crippen molar-refractivity contribution in [3.63, 3.8) is 0 Å². The normalized spacial score (nSPS) is 14.6. The Labute approximate surface area is 159 Å². The van der Waals surface area contributed by atoms with Crippen LogP contribution in [0.1, 0.15) is 16.7 Å². The Balaban J connectivity index is 1.20. The van der Waals surface area contributed by atoms with Gasteiger partial charge in [0.15, 0.2) is 17.5 Å². The molecule has 2 aromatic rings. The first kappa shape index (κ1) is 17.5. The minimum atomic E-state index is 0.310. The van der Waals surface area contributed by atoms with Gasteiger partial charge < -0.3 is 24.8 Å². The van der Waals surface area contributed by atoms with Crippen molar-refractivity contribution >= 4 is 5.96 Å². The van der Waals surface area contributed by atoms with Crippen molar-refractivity contribution in [2.45, 2.75) is 19.3 Å². The van der Waals surface area contributed by atoms with E-state index in [0.717, 1.165) is 62.2 Å². The fraction of sp³-hybridized carbons (Fsp3) is 0.381. The van der Waals surface area contributed by atoms with E-state index in [1.54, 1.807) is 7.05 Å². The molecule has 4 rings (SSSR count). The van der Waals surface area contributed by atoms with Crippen molar-refractivity contribution in [3.05, 3.63) is 53.1 Å². The molecular formula is C21H25N3O3. The third-order valence-corrected chi connectivity index (χ3v) is 4.83. The number of nitrogens with zero attached hydrogens (tertiary/aromatic N) is 1. The summed E-state index contributed by atoms with van der Waals surface area (Å²) in [6, 6.07) is 12.5. The molecule has 27 heavy (non-hydrogen) atoms. The number of aliphatic imine (C=N–C) groups is 1. The molecule has 0 aromatic heterocycles. The lowest BCUT2D eigenvalue weighted by atomic mass is 10.1. The van der Waals surface area contributed by atoms with E-state index in [2.05, 4.69) is 39.9 Å². The molecule has 2 aliphatic rings. The summed E-state index contributed by atoms with van der Waals surface area (Å²) in [5.41, 5.74) is 3.85. The van der Waals surface area contributed by atoms with Gasteiger partial charge in [0.05, 0.1) is 6.61 Å². The van der Waals surface area contributed by atoms with Crippen LogP contribution < -0.4 is 24.8 Å². The van der Waals surface area contributed by atoms with E-state index >= 15 is 0 Å². The molecule has 2 aromatic carbocycles. The van der Waals surface area contributed by atoms with E-state index in [-0.39, 0.29) is 0 Å². The lowest BCUT2D eigenvalue weighted by Gasteiger charge is -2.12. The Hall–Kier alpha value is -2.89. The van der Waals surface area contributed by atoms with Gasteiger partial charge in [-0.05, 0) is 47.7 Å². The second-order valence-electron chi connectivity index (χ2n) is 6.65. The van der Waals surface area contributed by atoms with Gasteiger partial charge in [0.1, 0.15) is 5.75 Å². The zero-order chi connectivity index (χ0) is 18.5. The van der Waals surface area contributed by atoms with Crippen molar-refractivity contribution < 1.29 is 14.2 Å². The highest BCUT2D eigenvalue weighted by Gasteiger charge is 2.13. The molecule has 0 unspecified atom stereocenters. The van der Waals surface area contributed by atoms with Gasteiger partial charge in [-0.3, -0.25) is 4.99 Å². The van der Waals surface area contributed by atoms with Crippen LogP contribution in [0.15, 0.2) is 41.4 Å². The lowest BCUT2D eigenvalue weighted by Crippen LogP contribution is -2.39. The molecule has 0 saturated heterocycles. The number of rotatable bonds is 6. The molecular weight excluding hydrogens is 342 g/mol. The van der Waals surface area contributed by atoms with Crippen LogP contribution in [0.3, 0.4) is 0 Å². The van der Waals surface area contributed by atoms with Crippen LogP contribution in [-0.4, -0.2) is 39.5 Å². The van der Waals surface area contributed by atoms with E-state index < -0.39 is 0 Å². The first-order valence-electron chi connectivity index (χ1n) is 9.39. The molecule has 142 valence electrons. The smallest absolute Gasteiger partial charge is 0.231 e. The number of guanidine groups is 1. The average Bonchev–Trinajstić information content (AvgIpc) is 3.35. The van der Waals surface area contributed by atoms with Crippen LogP contribution in [-0.2, 0) is 19.3 Å². The number of hydrogen-bond acceptors (Lipinski definition) is 4. The van der Waals surface area contributed by atoms with Crippen LogP contribution in [0.25, 0.3) is 0 Å². The number of ether oxygens (including phenoxy) is 3. The summed E-state index contributed by atoms with van der Waals surface area (Å²) in [6.07, 6.45) is 2.86. The molecule has 0 fully saturated rings. The third-order valence-electron chi connectivity index (χ3n) is 4.83. The predicted octanol–water partition coefficient (Wildman–Crippen LogP) is 2.30. The Kier molecular flexibility index (Phi) is 5.32. The zero-order valence-electron chi connectivity index (χ0n) is 15.6. The fourth-order valence-electron chi connectivity index (χ4n) is 3.36. The second-order valence-corrected chi connectivity index (χ2v) is 6.65. The van der Waals surface area contributed by atoms with Crippen molar-refractivity contribution in [1.29, 1.82) is 0 Å². The molecule has 0 bridgehead atoms. The highest BCUT2D eigenvalue weighted by Crippen LogP contribution is 2.32. The zero-order valence-corrected chi connectivity index (χ0v) is 15.6. The highest BCUT2D eigenvalue weighted by atomic mass is 16.7. The van der Waals surface area contributed by atoms with Crippen molar-refractivity contribution in [3.8, 4) is 17.2 Å². The first-order chi connectivity index (χ1) is 13.3. The summed E-state index contributed by atoms with van der Waals surface area (Å²) in [5.74, 6) is 3.50. The van der Waals surface area contributed by atoms with Crippen LogP contribution in [0, 0.1) is 0 Å². The molecule has 0 saturated carbocycles. The van der Waals surface area contributed by atoms with Gasteiger partial charge in [-0.25, -0.2) is 0 Å². The summed E-state index contributed by atoms with van der Waals surface area (Å²) < 4.78 is 16.3. The maximum atomic E-state index is 5.56. The first-order valence-corrected chi connectivity index (χ1v) is 9.39. The van der Waals surface area contributed by atoms with Gasteiger partial charge in [0, 0.05) is 26.6 Å². The Morgan fingerprint density at radius 3 is 2.37 bits per heavy atom. The SMILES string of the molecule is CN=C(NCCc1ccc2c(c1)CCO2)NCCc1ccc2c(c1)OCO2. The lowest BCUT2D eigenvalue weighted by molar-refractivity contribution is 0.174. The Bertz CT molecular complexity index is 770. The summed E-state index contributed by atoms with van der Waals surface area (Å²) in [7, 11) is 1.79. The Morgan fingerprint density at radius 1 is 0.889 bits per heavy atom. The van der Waals surface area contributed by atoms with Crippen LogP contribution in [0.4, 0.5) is 0 Å². The van der Waals surface area contributed by atoms with Gasteiger partial charge in [-0.15, -0.1) is 0 Å². The van der Waals surface area contributed by atoms with Crippen LogP contribution in [0.2, 0.25) is 0 Å². The number of nitrogens with one attached hydrogen (secondary N) is 2. The van der Waals surface area contributed by atoms with E-state index in [1.807, 2.05) is 12.1 Å². The van der Waals surface area contributed by atoms with Crippen LogP contribution in [0.5, 0.6) is 17.2 Å². The molecule has 0 amide bonds. The van der Waals surface area contributed by atoms with Gasteiger partial charge in [-0.2, -0.15) is 0 Å². The van der Waals surface area contributed by atoms with Gasteiger partial charge in [0.2, 0.25) is 6.79 Å². The van der Waals surface area contributed by atoms with E-state index in [0.29, 0.717) is 6.79 Å². The van der Waals surface area contributed by atoms with Crippen LogP contribution >= 0.6 is 0 Å². The average molecular weight is 367 g/mol. The fourth-order valence-corrected chi connectivity index (χ4v) is 3.36. The van der Waals surface area contributed by atoms with Gasteiger partial charge in [0.25, 0.3) is 0 Å². The maximum Gasteiger partial charge on any atom is 0.231 e. The predicted molar refractivity (Wildman–Crippen MR) is 105 cm³/mol. The minimum Gasteiger partial charge on any atom is -0.493 e. The molecule has 0 spiro atoms. The number of hydrogen-bond donors (Lipinski definition) is 2.